The monoisotopic (exact) mass is 387 g/mol. The number of likely N-dealkylation sites (tertiary alicyclic amines) is 1. The smallest absolute Gasteiger partial charge is 0.222 e. The minimum Gasteiger partial charge on any atom is -0.357 e. The standard InChI is InChI=1S/C17H33N5O3S/c1-2-18-17(20-10-14-22-13-7-15-26(22,24)25)19-9-6-12-21-11-5-3-4-8-16(21)23/h2-15H2,1H3,(H2,18,19,20). The molecular formula is C17H33N5O3S. The molecule has 2 N–H and O–H groups in total. The van der Waals surface area contributed by atoms with Crippen molar-refractivity contribution in [3.8, 4) is 0 Å². The number of amides is 1. The first-order chi connectivity index (χ1) is 12.5. The number of nitrogens with one attached hydrogen (secondary N) is 2. The van der Waals surface area contributed by atoms with E-state index in [-0.39, 0.29) is 11.7 Å². The SMILES string of the molecule is CCNC(=NCCCN1CCCCCC1=O)NCCN1CCCS1(=O)=O. The molecule has 26 heavy (non-hydrogen) atoms. The largest absolute Gasteiger partial charge is 0.357 e. The maximum Gasteiger partial charge on any atom is 0.222 e. The zero-order valence-corrected chi connectivity index (χ0v) is 16.7. The molecule has 2 fully saturated rings. The number of guanidine groups is 1. The predicted octanol–water partition coefficient (Wildman–Crippen LogP) is 0.370. The Labute approximate surface area is 157 Å². The molecule has 2 heterocycles. The number of carbonyl (C=O) groups excluding carboxylic acids is 1. The maximum absolute atomic E-state index is 12.0. The fraction of sp³-hybridized carbons (Fsp3) is 0.882. The molecule has 0 aliphatic carbocycles. The van der Waals surface area contributed by atoms with Gasteiger partial charge in [0.1, 0.15) is 0 Å². The van der Waals surface area contributed by atoms with E-state index in [4.69, 9.17) is 0 Å². The second-order valence-corrected chi connectivity index (χ2v) is 8.89. The van der Waals surface area contributed by atoms with Crippen LogP contribution in [0, 0.1) is 0 Å². The van der Waals surface area contributed by atoms with Gasteiger partial charge in [-0.25, -0.2) is 12.7 Å². The van der Waals surface area contributed by atoms with Gasteiger partial charge in [-0.05, 0) is 32.6 Å². The minimum absolute atomic E-state index is 0.260. The third kappa shape index (κ3) is 6.75. The summed E-state index contributed by atoms with van der Waals surface area (Å²) in [6, 6.07) is 0. The van der Waals surface area contributed by atoms with Gasteiger partial charge in [-0.3, -0.25) is 9.79 Å². The summed E-state index contributed by atoms with van der Waals surface area (Å²) >= 11 is 0. The second-order valence-electron chi connectivity index (χ2n) is 6.80. The van der Waals surface area contributed by atoms with E-state index in [1.807, 2.05) is 11.8 Å². The summed E-state index contributed by atoms with van der Waals surface area (Å²) in [6.45, 7) is 6.63. The van der Waals surface area contributed by atoms with Crippen LogP contribution in [-0.2, 0) is 14.8 Å². The molecule has 8 nitrogen and oxygen atoms in total. The summed E-state index contributed by atoms with van der Waals surface area (Å²) in [7, 11) is -3.04. The number of rotatable bonds is 8. The van der Waals surface area contributed by atoms with Gasteiger partial charge in [0.05, 0.1) is 5.75 Å². The van der Waals surface area contributed by atoms with Gasteiger partial charge in [-0.2, -0.15) is 0 Å². The Morgan fingerprint density at radius 3 is 2.69 bits per heavy atom. The van der Waals surface area contributed by atoms with Crippen molar-refractivity contribution in [2.24, 2.45) is 4.99 Å². The first-order valence-electron chi connectivity index (χ1n) is 9.80. The number of nitrogens with zero attached hydrogens (tertiary/aromatic N) is 3. The van der Waals surface area contributed by atoms with E-state index < -0.39 is 10.0 Å². The average Bonchev–Trinajstić information content (AvgIpc) is 2.80. The molecule has 2 aliphatic rings. The molecule has 1 amide bonds. The molecule has 0 saturated carbocycles. The molecule has 2 rings (SSSR count). The van der Waals surface area contributed by atoms with Crippen molar-refractivity contribution < 1.29 is 13.2 Å². The van der Waals surface area contributed by atoms with Gasteiger partial charge in [0, 0.05) is 52.2 Å². The van der Waals surface area contributed by atoms with Crippen LogP contribution in [0.2, 0.25) is 0 Å². The highest BCUT2D eigenvalue weighted by Crippen LogP contribution is 2.12. The Morgan fingerprint density at radius 1 is 1.12 bits per heavy atom. The lowest BCUT2D eigenvalue weighted by Crippen LogP contribution is -2.42. The summed E-state index contributed by atoms with van der Waals surface area (Å²) in [4.78, 5) is 18.5. The van der Waals surface area contributed by atoms with Crippen LogP contribution >= 0.6 is 0 Å². The van der Waals surface area contributed by atoms with Crippen LogP contribution in [0.5, 0.6) is 0 Å². The Morgan fingerprint density at radius 2 is 1.96 bits per heavy atom. The van der Waals surface area contributed by atoms with E-state index in [9.17, 15) is 13.2 Å². The summed E-state index contributed by atoms with van der Waals surface area (Å²) < 4.78 is 25.1. The van der Waals surface area contributed by atoms with Crippen LogP contribution in [0.3, 0.4) is 0 Å². The van der Waals surface area contributed by atoms with E-state index in [2.05, 4.69) is 15.6 Å². The highest BCUT2D eigenvalue weighted by molar-refractivity contribution is 7.89. The zero-order valence-electron chi connectivity index (χ0n) is 15.9. The van der Waals surface area contributed by atoms with E-state index in [1.165, 1.54) is 4.31 Å². The summed E-state index contributed by atoms with van der Waals surface area (Å²) in [5.74, 6) is 1.23. The Hall–Kier alpha value is -1.35. The third-order valence-corrected chi connectivity index (χ3v) is 6.69. The Balaban J connectivity index is 1.71. The van der Waals surface area contributed by atoms with Crippen LogP contribution < -0.4 is 10.6 Å². The van der Waals surface area contributed by atoms with Gasteiger partial charge < -0.3 is 15.5 Å². The van der Waals surface area contributed by atoms with Crippen LogP contribution in [-0.4, -0.2) is 81.1 Å². The van der Waals surface area contributed by atoms with Gasteiger partial charge in [0.2, 0.25) is 15.9 Å². The van der Waals surface area contributed by atoms with Crippen LogP contribution in [0.1, 0.15) is 45.4 Å². The number of sulfonamides is 1. The molecule has 0 radical (unpaired) electrons. The normalized spacial score (nSPS) is 21.7. The second kappa shape index (κ2) is 10.7. The van der Waals surface area contributed by atoms with Gasteiger partial charge >= 0.3 is 0 Å². The van der Waals surface area contributed by atoms with Crippen LogP contribution in [0.4, 0.5) is 0 Å². The topological polar surface area (TPSA) is 94.1 Å². The predicted molar refractivity (Wildman–Crippen MR) is 104 cm³/mol. The zero-order chi connectivity index (χ0) is 18.8. The van der Waals surface area contributed by atoms with Crippen LogP contribution in [0.25, 0.3) is 0 Å². The maximum atomic E-state index is 12.0. The molecule has 0 aromatic carbocycles. The molecular weight excluding hydrogens is 354 g/mol. The van der Waals surface area contributed by atoms with Crippen molar-refractivity contribution in [2.75, 3.05) is 51.6 Å². The number of hydrogen-bond acceptors (Lipinski definition) is 4. The summed E-state index contributed by atoms with van der Waals surface area (Å²) in [5.41, 5.74) is 0. The molecule has 2 saturated heterocycles. The summed E-state index contributed by atoms with van der Waals surface area (Å²) in [6.07, 6.45) is 5.47. The van der Waals surface area contributed by atoms with Crippen molar-refractivity contribution in [2.45, 2.75) is 45.4 Å². The molecule has 0 aromatic heterocycles. The van der Waals surface area contributed by atoms with Gasteiger partial charge in [0.25, 0.3) is 0 Å². The first-order valence-corrected chi connectivity index (χ1v) is 11.4. The fourth-order valence-corrected chi connectivity index (χ4v) is 4.84. The molecule has 150 valence electrons. The molecule has 9 heteroatoms. The van der Waals surface area contributed by atoms with E-state index in [1.54, 1.807) is 0 Å². The lowest BCUT2D eigenvalue weighted by Gasteiger charge is -2.20. The first kappa shape index (κ1) is 21.0. The van der Waals surface area contributed by atoms with E-state index >= 15 is 0 Å². The number of hydrogen-bond donors (Lipinski definition) is 2. The van der Waals surface area contributed by atoms with Crippen LogP contribution in [0.15, 0.2) is 4.99 Å². The molecule has 0 aromatic rings. The van der Waals surface area contributed by atoms with Crippen molar-refractivity contribution in [1.29, 1.82) is 0 Å². The Bertz CT molecular complexity index is 579. The minimum atomic E-state index is -3.04. The lowest BCUT2D eigenvalue weighted by atomic mass is 10.2. The van der Waals surface area contributed by atoms with Crippen molar-refractivity contribution in [3.63, 3.8) is 0 Å². The van der Waals surface area contributed by atoms with E-state index in [0.717, 1.165) is 45.3 Å². The number of aliphatic imine (C=N–C) groups is 1. The van der Waals surface area contributed by atoms with Gasteiger partial charge in [-0.15, -0.1) is 0 Å². The fourth-order valence-electron chi connectivity index (χ4n) is 3.31. The molecule has 0 spiro atoms. The van der Waals surface area contributed by atoms with Gasteiger partial charge in [0.15, 0.2) is 5.96 Å². The van der Waals surface area contributed by atoms with E-state index in [0.29, 0.717) is 45.0 Å². The Kier molecular flexibility index (Phi) is 8.64. The molecule has 0 unspecified atom stereocenters. The van der Waals surface area contributed by atoms with Crippen molar-refractivity contribution >= 4 is 21.9 Å². The lowest BCUT2D eigenvalue weighted by molar-refractivity contribution is -0.130. The third-order valence-electron chi connectivity index (χ3n) is 4.73. The average molecular weight is 388 g/mol. The van der Waals surface area contributed by atoms with Crippen molar-refractivity contribution in [1.82, 2.24) is 19.8 Å². The molecule has 2 aliphatic heterocycles. The highest BCUT2D eigenvalue weighted by Gasteiger charge is 2.27. The number of carbonyl (C=O) groups is 1. The van der Waals surface area contributed by atoms with Gasteiger partial charge in [-0.1, -0.05) is 6.42 Å². The molecule has 0 atom stereocenters. The quantitative estimate of drug-likeness (QED) is 0.357. The van der Waals surface area contributed by atoms with Crippen molar-refractivity contribution in [3.05, 3.63) is 0 Å². The summed E-state index contributed by atoms with van der Waals surface area (Å²) in [5, 5.41) is 6.37. The molecule has 0 bridgehead atoms. The highest BCUT2D eigenvalue weighted by atomic mass is 32.2.